The van der Waals surface area contributed by atoms with Gasteiger partial charge in [0.2, 0.25) is 0 Å². The van der Waals surface area contributed by atoms with E-state index < -0.39 is 0 Å². The highest BCUT2D eigenvalue weighted by Crippen LogP contribution is 2.17. The van der Waals surface area contributed by atoms with Crippen LogP contribution in [0.1, 0.15) is 29.5 Å². The average molecular weight is 414 g/mol. The number of H-pyrrole nitrogens is 1. The number of nitrogens with zero attached hydrogens (tertiary/aromatic N) is 4. The zero-order chi connectivity index (χ0) is 20.2. The SMILES string of the molecule is CCOC(=O)c1ccc(N2CCCN(Cc3nc4ccsc4c(=O)[nH]3)CC2)nc1. The molecule has 1 fully saturated rings. The molecule has 0 spiro atoms. The quantitative estimate of drug-likeness (QED) is 0.642. The molecule has 0 bridgehead atoms. The van der Waals surface area contributed by atoms with E-state index >= 15 is 0 Å². The maximum absolute atomic E-state index is 12.2. The first-order valence-corrected chi connectivity index (χ1v) is 10.6. The molecule has 9 heteroatoms. The largest absolute Gasteiger partial charge is 0.462 e. The fourth-order valence-corrected chi connectivity index (χ4v) is 4.20. The molecule has 1 aliphatic rings. The van der Waals surface area contributed by atoms with Crippen molar-refractivity contribution < 1.29 is 9.53 Å². The Bertz CT molecular complexity index is 1050. The first kappa shape index (κ1) is 19.5. The Morgan fingerprint density at radius 3 is 2.93 bits per heavy atom. The van der Waals surface area contributed by atoms with Gasteiger partial charge in [0.15, 0.2) is 0 Å². The number of thiophene rings is 1. The molecule has 0 atom stereocenters. The summed E-state index contributed by atoms with van der Waals surface area (Å²) < 4.78 is 5.68. The lowest BCUT2D eigenvalue weighted by molar-refractivity contribution is 0.0526. The van der Waals surface area contributed by atoms with Crippen LogP contribution in [0.15, 0.2) is 34.6 Å². The van der Waals surface area contributed by atoms with Gasteiger partial charge in [0.05, 0.1) is 24.2 Å². The molecule has 0 saturated carbocycles. The maximum atomic E-state index is 12.2. The molecule has 1 aliphatic heterocycles. The Kier molecular flexibility index (Phi) is 5.86. The third-order valence-electron chi connectivity index (χ3n) is 4.91. The number of hydrogen-bond donors (Lipinski definition) is 1. The van der Waals surface area contributed by atoms with E-state index in [0.29, 0.717) is 29.2 Å². The second-order valence-electron chi connectivity index (χ2n) is 6.89. The minimum atomic E-state index is -0.349. The minimum absolute atomic E-state index is 0.0673. The van der Waals surface area contributed by atoms with Crippen molar-refractivity contribution in [2.75, 3.05) is 37.7 Å². The molecule has 29 heavy (non-hydrogen) atoms. The van der Waals surface area contributed by atoms with Crippen molar-refractivity contribution in [3.63, 3.8) is 0 Å². The normalized spacial score (nSPS) is 15.4. The summed E-state index contributed by atoms with van der Waals surface area (Å²) in [6.07, 6.45) is 2.55. The van der Waals surface area contributed by atoms with Crippen LogP contribution in [-0.4, -0.2) is 58.6 Å². The highest BCUT2D eigenvalue weighted by molar-refractivity contribution is 7.17. The molecule has 8 nitrogen and oxygen atoms in total. The van der Waals surface area contributed by atoms with Crippen LogP contribution in [0.5, 0.6) is 0 Å². The molecule has 1 N–H and O–H groups in total. The summed E-state index contributed by atoms with van der Waals surface area (Å²) in [6, 6.07) is 5.51. The Balaban J connectivity index is 1.40. The lowest BCUT2D eigenvalue weighted by atomic mass is 10.2. The van der Waals surface area contributed by atoms with Crippen LogP contribution in [0, 0.1) is 0 Å². The highest BCUT2D eigenvalue weighted by Gasteiger charge is 2.18. The number of aromatic nitrogens is 3. The van der Waals surface area contributed by atoms with Crippen LogP contribution >= 0.6 is 11.3 Å². The summed E-state index contributed by atoms with van der Waals surface area (Å²) in [5.74, 6) is 1.20. The number of esters is 1. The highest BCUT2D eigenvalue weighted by atomic mass is 32.1. The first-order valence-electron chi connectivity index (χ1n) is 9.71. The van der Waals surface area contributed by atoms with Crippen molar-refractivity contribution in [1.82, 2.24) is 19.9 Å². The maximum Gasteiger partial charge on any atom is 0.339 e. The summed E-state index contributed by atoms with van der Waals surface area (Å²) in [5.41, 5.74) is 1.16. The van der Waals surface area contributed by atoms with E-state index in [2.05, 4.69) is 24.8 Å². The van der Waals surface area contributed by atoms with Crippen LogP contribution in [0.4, 0.5) is 5.82 Å². The van der Waals surface area contributed by atoms with E-state index in [9.17, 15) is 9.59 Å². The summed E-state index contributed by atoms with van der Waals surface area (Å²) in [7, 11) is 0. The lowest BCUT2D eigenvalue weighted by Crippen LogP contribution is -2.31. The van der Waals surface area contributed by atoms with Gasteiger partial charge in [0, 0.05) is 32.4 Å². The third-order valence-corrected chi connectivity index (χ3v) is 5.81. The molecular weight excluding hydrogens is 390 g/mol. The number of rotatable bonds is 5. The van der Waals surface area contributed by atoms with Gasteiger partial charge in [-0.25, -0.2) is 14.8 Å². The van der Waals surface area contributed by atoms with Gasteiger partial charge >= 0.3 is 5.97 Å². The Hall–Kier alpha value is -2.78. The number of ether oxygens (including phenoxy) is 1. The summed E-state index contributed by atoms with van der Waals surface area (Å²) in [4.78, 5) is 40.4. The van der Waals surface area contributed by atoms with E-state index in [1.807, 2.05) is 17.5 Å². The molecular formula is C20H23N5O3S. The van der Waals surface area contributed by atoms with Crippen LogP contribution in [0.3, 0.4) is 0 Å². The van der Waals surface area contributed by atoms with E-state index in [-0.39, 0.29) is 11.5 Å². The average Bonchev–Trinajstić information content (AvgIpc) is 3.08. The van der Waals surface area contributed by atoms with Crippen molar-refractivity contribution in [2.45, 2.75) is 19.9 Å². The second kappa shape index (κ2) is 8.71. The number of anilines is 1. The predicted molar refractivity (Wildman–Crippen MR) is 113 cm³/mol. The smallest absolute Gasteiger partial charge is 0.339 e. The number of carbonyl (C=O) groups excluding carboxylic acids is 1. The molecule has 3 aromatic heterocycles. The Morgan fingerprint density at radius 2 is 2.14 bits per heavy atom. The monoisotopic (exact) mass is 413 g/mol. The van der Waals surface area contributed by atoms with Gasteiger partial charge in [0.25, 0.3) is 5.56 Å². The number of fused-ring (bicyclic) bond motifs is 1. The predicted octanol–water partition coefficient (Wildman–Crippen LogP) is 2.27. The van der Waals surface area contributed by atoms with E-state index in [1.165, 1.54) is 11.3 Å². The van der Waals surface area contributed by atoms with Crippen molar-refractivity contribution in [1.29, 1.82) is 0 Å². The first-order chi connectivity index (χ1) is 14.1. The number of hydrogen-bond acceptors (Lipinski definition) is 8. The lowest BCUT2D eigenvalue weighted by Gasteiger charge is -2.22. The number of carbonyl (C=O) groups is 1. The second-order valence-corrected chi connectivity index (χ2v) is 7.81. The molecule has 0 aromatic carbocycles. The zero-order valence-electron chi connectivity index (χ0n) is 16.3. The molecule has 0 radical (unpaired) electrons. The Labute approximate surface area is 172 Å². The molecule has 0 amide bonds. The van der Waals surface area contributed by atoms with E-state index in [0.717, 1.165) is 43.9 Å². The number of nitrogens with one attached hydrogen (secondary N) is 1. The van der Waals surface area contributed by atoms with Crippen LogP contribution in [0.2, 0.25) is 0 Å². The standard InChI is InChI=1S/C20H23N5O3S/c1-2-28-20(27)14-4-5-17(21-12-14)25-8-3-7-24(9-10-25)13-16-22-15-6-11-29-18(15)19(26)23-16/h4-6,11-12H,2-3,7-10,13H2,1H3,(H,22,23,26). The third kappa shape index (κ3) is 4.46. The number of aromatic amines is 1. The molecule has 1 saturated heterocycles. The zero-order valence-corrected chi connectivity index (χ0v) is 17.1. The van der Waals surface area contributed by atoms with Crippen molar-refractivity contribution >= 4 is 33.3 Å². The molecule has 4 heterocycles. The van der Waals surface area contributed by atoms with Crippen LogP contribution in [0.25, 0.3) is 10.2 Å². The molecule has 0 aliphatic carbocycles. The van der Waals surface area contributed by atoms with Crippen molar-refractivity contribution in [3.8, 4) is 0 Å². The summed E-state index contributed by atoms with van der Waals surface area (Å²) in [5, 5.41) is 1.89. The van der Waals surface area contributed by atoms with Gasteiger partial charge in [-0.15, -0.1) is 11.3 Å². The fraction of sp³-hybridized carbons (Fsp3) is 0.400. The van der Waals surface area contributed by atoms with E-state index in [1.54, 1.807) is 19.2 Å². The fourth-order valence-electron chi connectivity index (χ4n) is 3.47. The molecule has 152 valence electrons. The molecule has 4 rings (SSSR count). The van der Waals surface area contributed by atoms with Gasteiger partial charge in [-0.1, -0.05) is 0 Å². The topological polar surface area (TPSA) is 91.4 Å². The van der Waals surface area contributed by atoms with E-state index in [4.69, 9.17) is 4.74 Å². The van der Waals surface area contributed by atoms with Gasteiger partial charge in [-0.2, -0.15) is 0 Å². The van der Waals surface area contributed by atoms with Gasteiger partial charge in [0.1, 0.15) is 16.3 Å². The molecule has 3 aromatic rings. The van der Waals surface area contributed by atoms with Crippen LogP contribution < -0.4 is 10.5 Å². The van der Waals surface area contributed by atoms with Gasteiger partial charge < -0.3 is 14.6 Å². The molecule has 0 unspecified atom stereocenters. The van der Waals surface area contributed by atoms with Crippen molar-refractivity contribution in [3.05, 3.63) is 51.5 Å². The van der Waals surface area contributed by atoms with Gasteiger partial charge in [-0.05, 0) is 36.9 Å². The summed E-state index contributed by atoms with van der Waals surface area (Å²) >= 11 is 1.41. The summed E-state index contributed by atoms with van der Waals surface area (Å²) in [6.45, 7) is 6.21. The number of pyridine rings is 1. The Morgan fingerprint density at radius 1 is 1.24 bits per heavy atom. The minimum Gasteiger partial charge on any atom is -0.462 e. The van der Waals surface area contributed by atoms with Crippen LogP contribution in [-0.2, 0) is 11.3 Å². The van der Waals surface area contributed by atoms with Gasteiger partial charge in [-0.3, -0.25) is 9.69 Å². The van der Waals surface area contributed by atoms with Crippen molar-refractivity contribution in [2.24, 2.45) is 0 Å².